The monoisotopic (exact) mass is 349 g/mol. The molecule has 1 aromatic rings. The molecule has 134 valence electrons. The molecule has 2 aliphatic rings. The van der Waals surface area contributed by atoms with Crippen LogP contribution in [0.5, 0.6) is 0 Å². The highest BCUT2D eigenvalue weighted by atomic mass is 19.1. The number of carbonyl (C=O) groups excluding carboxylic acids is 3. The smallest absolute Gasteiger partial charge is 0.368 e. The second-order valence-corrected chi connectivity index (χ2v) is 6.64. The average Bonchev–Trinajstić information content (AvgIpc) is 3.03. The van der Waals surface area contributed by atoms with Crippen LogP contribution in [0.25, 0.3) is 0 Å². The van der Waals surface area contributed by atoms with Gasteiger partial charge in [0.15, 0.2) is 0 Å². The molecule has 3 rings (SSSR count). The van der Waals surface area contributed by atoms with E-state index < -0.39 is 35.2 Å². The number of halogens is 1. The van der Waals surface area contributed by atoms with Crippen LogP contribution in [0.4, 0.5) is 4.39 Å². The first-order valence-corrected chi connectivity index (χ1v) is 8.49. The molecular weight excluding hydrogens is 327 g/mol. The highest BCUT2D eigenvalue weighted by molar-refractivity contribution is 6.08. The Bertz CT molecular complexity index is 738. The third kappa shape index (κ3) is 2.45. The van der Waals surface area contributed by atoms with E-state index in [9.17, 15) is 18.8 Å². The predicted molar refractivity (Wildman–Crippen MR) is 85.5 cm³/mol. The summed E-state index contributed by atoms with van der Waals surface area (Å²) in [5.74, 6) is -3.38. The van der Waals surface area contributed by atoms with Crippen LogP contribution in [0.1, 0.15) is 32.4 Å². The van der Waals surface area contributed by atoms with E-state index in [1.807, 2.05) is 0 Å². The van der Waals surface area contributed by atoms with Crippen LogP contribution in [0.15, 0.2) is 24.3 Å². The highest BCUT2D eigenvalue weighted by Gasteiger charge is 2.70. The van der Waals surface area contributed by atoms with Gasteiger partial charge in [0, 0.05) is 19.0 Å². The second kappa shape index (κ2) is 6.22. The molecule has 0 unspecified atom stereocenters. The van der Waals surface area contributed by atoms with Gasteiger partial charge in [-0.3, -0.25) is 14.5 Å². The van der Waals surface area contributed by atoms with Crippen LogP contribution < -0.4 is 5.32 Å². The lowest BCUT2D eigenvalue weighted by Crippen LogP contribution is -2.97. The Kier molecular flexibility index (Phi) is 4.36. The molecule has 7 heteroatoms. The van der Waals surface area contributed by atoms with Crippen molar-refractivity contribution >= 4 is 17.8 Å². The van der Waals surface area contributed by atoms with Gasteiger partial charge in [0.05, 0.1) is 6.61 Å². The molecule has 1 aromatic carbocycles. The van der Waals surface area contributed by atoms with Gasteiger partial charge < -0.3 is 10.1 Å². The van der Waals surface area contributed by atoms with Gasteiger partial charge in [-0.25, -0.2) is 9.18 Å². The molecular formula is C18H22FN2O4+. The van der Waals surface area contributed by atoms with E-state index >= 15 is 0 Å². The Labute approximate surface area is 145 Å². The largest absolute Gasteiger partial charge is 0.461 e. The molecule has 0 spiro atoms. The number of hydrogen-bond donors (Lipinski definition) is 1. The molecule has 0 aliphatic carbocycles. The fraction of sp³-hybridized carbons (Fsp3) is 0.500. The number of carbonyl (C=O) groups is 3. The molecule has 2 fully saturated rings. The summed E-state index contributed by atoms with van der Waals surface area (Å²) in [6.45, 7) is 5.40. The zero-order chi connectivity index (χ0) is 18.4. The molecule has 6 nitrogen and oxygen atoms in total. The van der Waals surface area contributed by atoms with Crippen LogP contribution in [-0.2, 0) is 19.1 Å². The van der Waals surface area contributed by atoms with E-state index in [4.69, 9.17) is 4.74 Å². The summed E-state index contributed by atoms with van der Waals surface area (Å²) in [6, 6.07) is 5.51. The summed E-state index contributed by atoms with van der Waals surface area (Å²) in [4.78, 5) is 39.4. The molecule has 0 aromatic heterocycles. The molecule has 2 heterocycles. The van der Waals surface area contributed by atoms with Crippen LogP contribution in [0, 0.1) is 17.7 Å². The number of hydrogen-bond acceptors (Lipinski definition) is 4. The van der Waals surface area contributed by atoms with Crippen LogP contribution >= 0.6 is 0 Å². The maximum absolute atomic E-state index is 14.4. The molecule has 0 bridgehead atoms. The molecule has 2 aliphatic heterocycles. The summed E-state index contributed by atoms with van der Waals surface area (Å²) in [7, 11) is 0. The highest BCUT2D eigenvalue weighted by Crippen LogP contribution is 2.44. The first-order valence-electron chi connectivity index (χ1n) is 8.49. The number of likely N-dealkylation sites (tertiary alicyclic amines) is 1. The first-order chi connectivity index (χ1) is 11.9. The van der Waals surface area contributed by atoms with Crippen molar-refractivity contribution < 1.29 is 28.8 Å². The topological polar surface area (TPSA) is 80.3 Å². The van der Waals surface area contributed by atoms with E-state index in [0.717, 1.165) is 4.90 Å². The minimum absolute atomic E-state index is 0.170. The second-order valence-electron chi connectivity index (χ2n) is 6.64. The summed E-state index contributed by atoms with van der Waals surface area (Å²) < 4.78 is 19.5. The number of ether oxygens (including phenoxy) is 1. The van der Waals surface area contributed by atoms with Gasteiger partial charge in [0.2, 0.25) is 17.4 Å². The number of imide groups is 1. The number of benzene rings is 1. The Hall–Kier alpha value is -2.28. The molecule has 2 saturated heterocycles. The Morgan fingerprint density at radius 1 is 1.28 bits per heavy atom. The Morgan fingerprint density at radius 2 is 1.96 bits per heavy atom. The van der Waals surface area contributed by atoms with E-state index in [1.165, 1.54) is 6.07 Å². The summed E-state index contributed by atoms with van der Waals surface area (Å²) in [6.07, 6.45) is 0. The van der Waals surface area contributed by atoms with Crippen molar-refractivity contribution in [1.82, 2.24) is 4.90 Å². The van der Waals surface area contributed by atoms with Crippen molar-refractivity contribution in [3.63, 3.8) is 0 Å². The summed E-state index contributed by atoms with van der Waals surface area (Å²) in [5, 5.41) is 1.63. The summed E-state index contributed by atoms with van der Waals surface area (Å²) in [5.41, 5.74) is -0.936. The van der Waals surface area contributed by atoms with Gasteiger partial charge in [0.1, 0.15) is 23.7 Å². The maximum atomic E-state index is 14.4. The van der Waals surface area contributed by atoms with Crippen molar-refractivity contribution in [3.05, 3.63) is 35.6 Å². The van der Waals surface area contributed by atoms with Crippen molar-refractivity contribution in [2.45, 2.75) is 32.4 Å². The van der Waals surface area contributed by atoms with Gasteiger partial charge in [0.25, 0.3) is 0 Å². The first kappa shape index (κ1) is 17.5. The SMILES string of the molecule is CCOC(=O)[C@]1(C)[NH2+][C@@H](c2ccccc2F)[C@@H]2C(=O)N(CC)C(=O)[C@H]21. The quantitative estimate of drug-likeness (QED) is 0.630. The number of nitrogens with zero attached hydrogens (tertiary/aromatic N) is 1. The van der Waals surface area contributed by atoms with Crippen molar-refractivity contribution in [3.8, 4) is 0 Å². The minimum atomic E-state index is -1.26. The maximum Gasteiger partial charge on any atom is 0.368 e. The fourth-order valence-corrected chi connectivity index (χ4v) is 4.15. The lowest BCUT2D eigenvalue weighted by Gasteiger charge is -2.25. The van der Waals surface area contributed by atoms with E-state index in [1.54, 1.807) is 44.3 Å². The Balaban J connectivity index is 2.11. The number of rotatable bonds is 4. The zero-order valence-electron chi connectivity index (χ0n) is 14.5. The van der Waals surface area contributed by atoms with Crippen LogP contribution in [0.3, 0.4) is 0 Å². The van der Waals surface area contributed by atoms with Crippen LogP contribution in [-0.4, -0.2) is 41.4 Å². The lowest BCUT2D eigenvalue weighted by atomic mass is 9.80. The number of esters is 1. The normalized spacial score (nSPS) is 31.4. The molecule has 0 saturated carbocycles. The third-order valence-electron chi connectivity index (χ3n) is 5.30. The van der Waals surface area contributed by atoms with E-state index in [2.05, 4.69) is 0 Å². The number of nitrogens with two attached hydrogens (primary N) is 1. The van der Waals surface area contributed by atoms with Gasteiger partial charge in [-0.05, 0) is 19.9 Å². The predicted octanol–water partition coefficient (Wildman–Crippen LogP) is 0.387. The average molecular weight is 349 g/mol. The van der Waals surface area contributed by atoms with Gasteiger partial charge >= 0.3 is 5.97 Å². The number of fused-ring (bicyclic) bond motifs is 1. The van der Waals surface area contributed by atoms with Gasteiger partial charge in [-0.1, -0.05) is 18.2 Å². The van der Waals surface area contributed by atoms with Crippen LogP contribution in [0.2, 0.25) is 0 Å². The summed E-state index contributed by atoms with van der Waals surface area (Å²) >= 11 is 0. The fourth-order valence-electron chi connectivity index (χ4n) is 4.15. The molecule has 0 radical (unpaired) electrons. The van der Waals surface area contributed by atoms with Gasteiger partial charge in [-0.2, -0.15) is 0 Å². The molecule has 25 heavy (non-hydrogen) atoms. The zero-order valence-corrected chi connectivity index (χ0v) is 14.5. The van der Waals surface area contributed by atoms with Gasteiger partial charge in [-0.15, -0.1) is 0 Å². The standard InChI is InChI=1S/C18H21FN2O4/c1-4-21-15(22)12-13(16(21)23)18(3,17(24)25-5-2)20-14(12)10-8-6-7-9-11(10)19/h6-9,12-14,20H,4-5H2,1-3H3/p+1/t12-,13+,14+,18-/m1/s1. The number of quaternary nitrogens is 1. The third-order valence-corrected chi connectivity index (χ3v) is 5.30. The molecule has 4 atom stereocenters. The molecule has 2 amide bonds. The van der Waals surface area contributed by atoms with Crippen molar-refractivity contribution in [1.29, 1.82) is 0 Å². The van der Waals surface area contributed by atoms with Crippen molar-refractivity contribution in [2.75, 3.05) is 13.2 Å². The van der Waals surface area contributed by atoms with E-state index in [0.29, 0.717) is 5.56 Å². The minimum Gasteiger partial charge on any atom is -0.461 e. The van der Waals surface area contributed by atoms with Crippen molar-refractivity contribution in [2.24, 2.45) is 11.8 Å². The Morgan fingerprint density at radius 3 is 2.56 bits per heavy atom. The lowest BCUT2D eigenvalue weighted by molar-refractivity contribution is -0.731. The molecule has 2 N–H and O–H groups in total. The van der Waals surface area contributed by atoms with E-state index in [-0.39, 0.29) is 25.0 Å². The number of amides is 2.